The van der Waals surface area contributed by atoms with Crippen LogP contribution in [0.15, 0.2) is 17.0 Å². The number of aliphatic carboxylic acids is 1. The monoisotopic (exact) mass is 242 g/mol. The Morgan fingerprint density at radius 2 is 2.19 bits per heavy atom. The maximum absolute atomic E-state index is 13.6. The van der Waals surface area contributed by atoms with Gasteiger partial charge >= 0.3 is 5.97 Å². The van der Waals surface area contributed by atoms with Gasteiger partial charge in [0.05, 0.1) is 5.92 Å². The average Bonchev–Trinajstić information content (AvgIpc) is 2.21. The summed E-state index contributed by atoms with van der Waals surface area (Å²) in [5, 5.41) is 8.79. The molecule has 1 aromatic rings. The zero-order chi connectivity index (χ0) is 12.3. The van der Waals surface area contributed by atoms with Gasteiger partial charge in [0.15, 0.2) is 0 Å². The maximum Gasteiger partial charge on any atom is 0.306 e. The molecule has 0 aliphatic rings. The Kier molecular flexibility index (Phi) is 4.35. The van der Waals surface area contributed by atoms with Gasteiger partial charge in [-0.25, -0.2) is 4.39 Å². The lowest BCUT2D eigenvalue weighted by Crippen LogP contribution is -2.13. The number of carboxylic acids is 1. The molecule has 1 atom stereocenters. The number of thioether (sulfide) groups is 1. The van der Waals surface area contributed by atoms with Crippen molar-refractivity contribution in [1.82, 2.24) is 0 Å². The predicted octanol–water partition coefficient (Wildman–Crippen LogP) is 3.12. The Labute approximate surface area is 98.9 Å². The smallest absolute Gasteiger partial charge is 0.306 e. The van der Waals surface area contributed by atoms with Gasteiger partial charge in [0.2, 0.25) is 0 Å². The molecule has 0 aliphatic heterocycles. The molecule has 1 N–H and O–H groups in total. The van der Waals surface area contributed by atoms with Gasteiger partial charge in [-0.15, -0.1) is 11.8 Å². The molecule has 0 radical (unpaired) electrons. The third-order valence-electron chi connectivity index (χ3n) is 2.51. The van der Waals surface area contributed by atoms with Crippen molar-refractivity contribution in [2.75, 3.05) is 6.26 Å². The molecule has 0 saturated carbocycles. The van der Waals surface area contributed by atoms with Crippen molar-refractivity contribution >= 4 is 17.7 Å². The molecule has 0 heterocycles. The van der Waals surface area contributed by atoms with Crippen molar-refractivity contribution in [3.63, 3.8) is 0 Å². The highest BCUT2D eigenvalue weighted by atomic mass is 32.2. The summed E-state index contributed by atoms with van der Waals surface area (Å²) in [5.74, 6) is -1.78. The second-order valence-corrected chi connectivity index (χ2v) is 4.70. The van der Waals surface area contributed by atoms with Gasteiger partial charge in [0, 0.05) is 4.90 Å². The van der Waals surface area contributed by atoms with E-state index in [0.717, 1.165) is 10.5 Å². The summed E-state index contributed by atoms with van der Waals surface area (Å²) in [6.07, 6.45) is 2.15. The normalized spacial score (nSPS) is 12.5. The van der Waals surface area contributed by atoms with Crippen LogP contribution in [0.3, 0.4) is 0 Å². The number of halogens is 1. The number of hydrogen-bond donors (Lipinski definition) is 1. The third-order valence-corrected chi connectivity index (χ3v) is 3.39. The number of aryl methyl sites for hydroxylation is 1. The molecule has 0 amide bonds. The molecule has 88 valence electrons. The lowest BCUT2D eigenvalue weighted by Gasteiger charge is -2.10. The van der Waals surface area contributed by atoms with Crippen LogP contribution in [-0.4, -0.2) is 17.3 Å². The molecule has 4 heteroatoms. The van der Waals surface area contributed by atoms with Crippen molar-refractivity contribution in [2.24, 2.45) is 5.92 Å². The Bertz CT molecular complexity index is 404. The molecule has 0 saturated heterocycles. The van der Waals surface area contributed by atoms with Crippen LogP contribution >= 0.6 is 11.8 Å². The van der Waals surface area contributed by atoms with E-state index in [4.69, 9.17) is 5.11 Å². The molecular weight excluding hydrogens is 227 g/mol. The third kappa shape index (κ3) is 2.98. The first-order chi connectivity index (χ1) is 7.45. The summed E-state index contributed by atoms with van der Waals surface area (Å²) in [7, 11) is 0. The Hall–Kier alpha value is -1.03. The molecule has 16 heavy (non-hydrogen) atoms. The van der Waals surface area contributed by atoms with Gasteiger partial charge < -0.3 is 5.11 Å². The van der Waals surface area contributed by atoms with Crippen LogP contribution in [0, 0.1) is 18.7 Å². The van der Waals surface area contributed by atoms with Crippen molar-refractivity contribution in [2.45, 2.75) is 25.2 Å². The molecule has 1 unspecified atom stereocenters. The van der Waals surface area contributed by atoms with Crippen LogP contribution in [0.4, 0.5) is 4.39 Å². The highest BCUT2D eigenvalue weighted by molar-refractivity contribution is 7.98. The molecule has 2 nitrogen and oxygen atoms in total. The Morgan fingerprint density at radius 1 is 1.56 bits per heavy atom. The lowest BCUT2D eigenvalue weighted by molar-refractivity contribution is -0.141. The van der Waals surface area contributed by atoms with E-state index in [1.807, 2.05) is 13.2 Å². The van der Waals surface area contributed by atoms with E-state index in [-0.39, 0.29) is 12.2 Å². The van der Waals surface area contributed by atoms with E-state index in [2.05, 4.69) is 0 Å². The lowest BCUT2D eigenvalue weighted by atomic mass is 10.00. The molecule has 1 aromatic carbocycles. The van der Waals surface area contributed by atoms with Gasteiger partial charge in [-0.1, -0.05) is 6.92 Å². The zero-order valence-electron chi connectivity index (χ0n) is 9.58. The van der Waals surface area contributed by atoms with E-state index >= 15 is 0 Å². The predicted molar refractivity (Wildman–Crippen MR) is 63.4 cm³/mol. The minimum Gasteiger partial charge on any atom is -0.481 e. The first-order valence-electron chi connectivity index (χ1n) is 5.01. The van der Waals surface area contributed by atoms with Gasteiger partial charge in [0.25, 0.3) is 0 Å². The number of hydrogen-bond acceptors (Lipinski definition) is 2. The molecule has 0 spiro atoms. The fraction of sp³-hybridized carbons (Fsp3) is 0.417. The van der Waals surface area contributed by atoms with Crippen LogP contribution < -0.4 is 0 Å². The topological polar surface area (TPSA) is 37.3 Å². The second-order valence-electron chi connectivity index (χ2n) is 3.86. The number of benzene rings is 1. The number of rotatable bonds is 4. The van der Waals surface area contributed by atoms with E-state index in [1.165, 1.54) is 17.8 Å². The Morgan fingerprint density at radius 3 is 2.69 bits per heavy atom. The molecule has 0 fully saturated rings. The van der Waals surface area contributed by atoms with Crippen LogP contribution in [0.1, 0.15) is 18.1 Å². The molecule has 1 rings (SSSR count). The minimum absolute atomic E-state index is 0.231. The van der Waals surface area contributed by atoms with Gasteiger partial charge in [-0.05, 0) is 42.9 Å². The molecule has 0 bridgehead atoms. The second kappa shape index (κ2) is 5.34. The fourth-order valence-electron chi connectivity index (χ4n) is 1.49. The van der Waals surface area contributed by atoms with E-state index < -0.39 is 11.9 Å². The largest absolute Gasteiger partial charge is 0.481 e. The minimum atomic E-state index is -0.898. The maximum atomic E-state index is 13.6. The van der Waals surface area contributed by atoms with Crippen molar-refractivity contribution in [3.8, 4) is 0 Å². The summed E-state index contributed by atoms with van der Waals surface area (Å²) >= 11 is 1.54. The summed E-state index contributed by atoms with van der Waals surface area (Å²) in [5.41, 5.74) is 1.36. The van der Waals surface area contributed by atoms with Crippen LogP contribution in [0.25, 0.3) is 0 Å². The Balaban J connectivity index is 3.00. The van der Waals surface area contributed by atoms with Crippen LogP contribution in [-0.2, 0) is 11.2 Å². The summed E-state index contributed by atoms with van der Waals surface area (Å²) in [4.78, 5) is 11.7. The fourth-order valence-corrected chi connectivity index (χ4v) is 2.13. The highest BCUT2D eigenvalue weighted by Crippen LogP contribution is 2.25. The van der Waals surface area contributed by atoms with E-state index in [0.29, 0.717) is 5.56 Å². The summed E-state index contributed by atoms with van der Waals surface area (Å²) in [6.45, 7) is 3.43. The number of carboxylic acid groups (broad SMARTS) is 1. The first-order valence-corrected chi connectivity index (χ1v) is 6.24. The van der Waals surface area contributed by atoms with Gasteiger partial charge in [0.1, 0.15) is 5.82 Å². The van der Waals surface area contributed by atoms with Crippen molar-refractivity contribution < 1.29 is 14.3 Å². The van der Waals surface area contributed by atoms with Gasteiger partial charge in [-0.2, -0.15) is 0 Å². The van der Waals surface area contributed by atoms with Crippen LogP contribution in [0.5, 0.6) is 0 Å². The highest BCUT2D eigenvalue weighted by Gasteiger charge is 2.15. The van der Waals surface area contributed by atoms with Crippen LogP contribution in [0.2, 0.25) is 0 Å². The SMILES string of the molecule is CSc1cc(CC(C)C(=O)O)c(F)cc1C. The molecule has 0 aromatic heterocycles. The van der Waals surface area contributed by atoms with Gasteiger partial charge in [-0.3, -0.25) is 4.79 Å². The first kappa shape index (κ1) is 13.0. The van der Waals surface area contributed by atoms with E-state index in [9.17, 15) is 9.18 Å². The van der Waals surface area contributed by atoms with E-state index in [1.54, 1.807) is 13.0 Å². The molecule has 0 aliphatic carbocycles. The molecular formula is C12H15FO2S. The standard InChI is InChI=1S/C12H15FO2S/c1-7-5-10(13)9(6-11(7)16-3)4-8(2)12(14)15/h5-6,8H,4H2,1-3H3,(H,14,15). The quantitative estimate of drug-likeness (QED) is 0.824. The van der Waals surface area contributed by atoms with Crippen molar-refractivity contribution in [3.05, 3.63) is 29.1 Å². The zero-order valence-corrected chi connectivity index (χ0v) is 10.4. The summed E-state index contributed by atoms with van der Waals surface area (Å²) < 4.78 is 13.6. The van der Waals surface area contributed by atoms with Crippen molar-refractivity contribution in [1.29, 1.82) is 0 Å². The summed E-state index contributed by atoms with van der Waals surface area (Å²) in [6, 6.07) is 3.21. The number of carbonyl (C=O) groups is 1. The average molecular weight is 242 g/mol.